The van der Waals surface area contributed by atoms with E-state index in [1.807, 2.05) is 6.08 Å². The van der Waals surface area contributed by atoms with Gasteiger partial charge in [0.05, 0.1) is 6.10 Å². The van der Waals surface area contributed by atoms with Crippen LogP contribution >= 0.6 is 0 Å². The Balaban J connectivity index is 5.41. The summed E-state index contributed by atoms with van der Waals surface area (Å²) < 4.78 is 0. The fraction of sp³-hybridized carbons (Fsp3) is 0.722. The molecule has 0 radical (unpaired) electrons. The number of aliphatic hydroxyl groups excluding tert-OH is 1. The monoisotopic (exact) mass is 310 g/mol. The minimum atomic E-state index is -0.513. The van der Waals surface area contributed by atoms with Crippen LogP contribution in [0.15, 0.2) is 23.3 Å². The summed E-state index contributed by atoms with van der Waals surface area (Å²) in [4.78, 5) is 11.4. The molecule has 0 aromatic rings. The number of nitrogens with one attached hydrogen (secondary N) is 1. The Kier molecular flexibility index (Phi) is 8.05. The normalized spacial score (nSPS) is 15.7. The van der Waals surface area contributed by atoms with E-state index in [1.54, 1.807) is 6.92 Å². The lowest BCUT2D eigenvalue weighted by molar-refractivity contribution is -0.121. The molecule has 4 heteroatoms. The molecule has 128 valence electrons. The minimum absolute atomic E-state index is 0.120. The third-order valence-electron chi connectivity index (χ3n) is 3.44. The van der Waals surface area contributed by atoms with Crippen molar-refractivity contribution in [3.63, 3.8) is 0 Å². The molecule has 0 aliphatic carbocycles. The summed E-state index contributed by atoms with van der Waals surface area (Å²) >= 11 is 0. The van der Waals surface area contributed by atoms with Crippen molar-refractivity contribution in [1.29, 1.82) is 0 Å². The van der Waals surface area contributed by atoms with E-state index < -0.39 is 6.10 Å². The lowest BCUT2D eigenvalue weighted by Crippen LogP contribution is -2.29. The molecule has 0 fully saturated rings. The van der Waals surface area contributed by atoms with Crippen LogP contribution in [0.3, 0.4) is 0 Å². The van der Waals surface area contributed by atoms with Gasteiger partial charge in [-0.05, 0) is 36.2 Å². The van der Waals surface area contributed by atoms with Gasteiger partial charge in [0, 0.05) is 6.42 Å². The molecule has 0 saturated carbocycles. The highest BCUT2D eigenvalue weighted by Crippen LogP contribution is 2.30. The van der Waals surface area contributed by atoms with Crippen molar-refractivity contribution in [3.8, 4) is 0 Å². The standard InChI is InChI=1S/C18H34N2O2/c1-13(21)15(18(5,6)7)12-14(8-9-16(22)20-19)10-11-17(2,3)4/h10,12-13,21H,8-9,11,19H2,1-7H3,(H,20,22)/b14-10-,15-12+. The van der Waals surface area contributed by atoms with Crippen molar-refractivity contribution < 1.29 is 9.90 Å². The predicted octanol–water partition coefficient (Wildman–Crippen LogP) is 3.47. The Labute approximate surface area is 135 Å². The second-order valence-corrected chi connectivity index (χ2v) is 8.14. The molecule has 0 bridgehead atoms. The van der Waals surface area contributed by atoms with Crippen LogP contribution in [0, 0.1) is 10.8 Å². The van der Waals surface area contributed by atoms with Gasteiger partial charge in [-0.3, -0.25) is 10.2 Å². The van der Waals surface area contributed by atoms with E-state index in [1.165, 1.54) is 0 Å². The Bertz CT molecular complexity index is 421. The Morgan fingerprint density at radius 2 is 1.73 bits per heavy atom. The molecule has 1 atom stereocenters. The highest BCUT2D eigenvalue weighted by atomic mass is 16.3. The van der Waals surface area contributed by atoms with Crippen LogP contribution in [0.2, 0.25) is 0 Å². The average Bonchev–Trinajstić information content (AvgIpc) is 2.34. The highest BCUT2D eigenvalue weighted by molar-refractivity contribution is 5.75. The van der Waals surface area contributed by atoms with Gasteiger partial charge in [-0.25, -0.2) is 5.84 Å². The van der Waals surface area contributed by atoms with Gasteiger partial charge in [-0.15, -0.1) is 0 Å². The molecular weight excluding hydrogens is 276 g/mol. The van der Waals surface area contributed by atoms with Crippen LogP contribution in [0.5, 0.6) is 0 Å². The van der Waals surface area contributed by atoms with Crippen molar-refractivity contribution in [3.05, 3.63) is 23.3 Å². The molecule has 0 rings (SSSR count). The van der Waals surface area contributed by atoms with E-state index in [-0.39, 0.29) is 16.7 Å². The molecule has 1 amide bonds. The molecule has 0 aliphatic heterocycles. The first kappa shape index (κ1) is 20.9. The second-order valence-electron chi connectivity index (χ2n) is 8.14. The lowest BCUT2D eigenvalue weighted by atomic mass is 9.81. The van der Waals surface area contributed by atoms with E-state index in [0.29, 0.717) is 12.8 Å². The predicted molar refractivity (Wildman–Crippen MR) is 92.9 cm³/mol. The maximum atomic E-state index is 11.4. The summed E-state index contributed by atoms with van der Waals surface area (Å²) in [6.07, 6.45) is 5.57. The number of aliphatic hydroxyl groups is 1. The van der Waals surface area contributed by atoms with Crippen molar-refractivity contribution in [2.75, 3.05) is 0 Å². The van der Waals surface area contributed by atoms with Crippen LogP contribution in [0.25, 0.3) is 0 Å². The Hall–Kier alpha value is -1.13. The first-order valence-corrected chi connectivity index (χ1v) is 7.95. The number of carbonyl (C=O) groups excluding carboxylic acids is 1. The molecule has 4 N–H and O–H groups in total. The summed E-state index contributed by atoms with van der Waals surface area (Å²) in [5, 5.41) is 10.1. The summed E-state index contributed by atoms with van der Waals surface area (Å²) in [5.41, 5.74) is 4.27. The van der Waals surface area contributed by atoms with Gasteiger partial charge in [0.25, 0.3) is 0 Å². The quantitative estimate of drug-likeness (QED) is 0.304. The molecule has 0 heterocycles. The smallest absolute Gasteiger partial charge is 0.234 e. The number of hydrogen-bond donors (Lipinski definition) is 3. The van der Waals surface area contributed by atoms with Crippen molar-refractivity contribution in [2.45, 2.75) is 73.8 Å². The molecule has 22 heavy (non-hydrogen) atoms. The zero-order valence-electron chi connectivity index (χ0n) is 15.3. The van der Waals surface area contributed by atoms with Crippen molar-refractivity contribution in [2.24, 2.45) is 16.7 Å². The first-order chi connectivity index (χ1) is 9.86. The molecule has 0 saturated heterocycles. The maximum absolute atomic E-state index is 11.4. The second kappa shape index (κ2) is 8.49. The molecule has 0 aromatic heterocycles. The van der Waals surface area contributed by atoms with Crippen LogP contribution in [0.1, 0.15) is 67.7 Å². The van der Waals surface area contributed by atoms with E-state index >= 15 is 0 Å². The van der Waals surface area contributed by atoms with Crippen LogP contribution in [0.4, 0.5) is 0 Å². The van der Waals surface area contributed by atoms with Crippen molar-refractivity contribution >= 4 is 5.91 Å². The van der Waals surface area contributed by atoms with E-state index in [2.05, 4.69) is 53.0 Å². The first-order valence-electron chi connectivity index (χ1n) is 7.95. The molecule has 0 aromatic carbocycles. The SMILES string of the molecule is CC(O)/C(=C\C(=C/CC(C)(C)C)CCC(=O)NN)C(C)(C)C. The fourth-order valence-electron chi connectivity index (χ4n) is 2.16. The Morgan fingerprint density at radius 3 is 2.09 bits per heavy atom. The fourth-order valence-corrected chi connectivity index (χ4v) is 2.16. The highest BCUT2D eigenvalue weighted by Gasteiger charge is 2.21. The summed E-state index contributed by atoms with van der Waals surface area (Å²) in [5.74, 6) is 4.97. The van der Waals surface area contributed by atoms with Crippen LogP contribution in [-0.2, 0) is 4.79 Å². The summed E-state index contributed by atoms with van der Waals surface area (Å²) in [7, 11) is 0. The molecule has 4 nitrogen and oxygen atoms in total. The topological polar surface area (TPSA) is 75.3 Å². The molecule has 0 aliphatic rings. The number of carbonyl (C=O) groups is 1. The van der Waals surface area contributed by atoms with Gasteiger partial charge in [0.2, 0.25) is 5.91 Å². The Morgan fingerprint density at radius 1 is 1.18 bits per heavy atom. The number of amides is 1. The van der Waals surface area contributed by atoms with Crippen LogP contribution in [-0.4, -0.2) is 17.1 Å². The molecular formula is C18H34N2O2. The largest absolute Gasteiger partial charge is 0.389 e. The van der Waals surface area contributed by atoms with Gasteiger partial charge in [-0.1, -0.05) is 59.3 Å². The number of nitrogens with two attached hydrogens (primary N) is 1. The van der Waals surface area contributed by atoms with Crippen LogP contribution < -0.4 is 11.3 Å². The maximum Gasteiger partial charge on any atom is 0.234 e. The summed E-state index contributed by atoms with van der Waals surface area (Å²) in [6, 6.07) is 0. The van der Waals surface area contributed by atoms with Gasteiger partial charge >= 0.3 is 0 Å². The number of hydrogen-bond acceptors (Lipinski definition) is 3. The number of hydrazine groups is 1. The zero-order valence-corrected chi connectivity index (χ0v) is 15.3. The summed E-state index contributed by atoms with van der Waals surface area (Å²) in [6.45, 7) is 14.6. The third kappa shape index (κ3) is 9.00. The van der Waals surface area contributed by atoms with E-state index in [4.69, 9.17) is 5.84 Å². The minimum Gasteiger partial charge on any atom is -0.389 e. The van der Waals surface area contributed by atoms with Crippen molar-refractivity contribution in [1.82, 2.24) is 5.43 Å². The number of rotatable bonds is 6. The van der Waals surface area contributed by atoms with Gasteiger partial charge in [0.1, 0.15) is 0 Å². The van der Waals surface area contributed by atoms with Gasteiger partial charge in [-0.2, -0.15) is 0 Å². The molecule has 1 unspecified atom stereocenters. The zero-order chi connectivity index (χ0) is 17.6. The third-order valence-corrected chi connectivity index (χ3v) is 3.44. The van der Waals surface area contributed by atoms with E-state index in [0.717, 1.165) is 17.6 Å². The van der Waals surface area contributed by atoms with Gasteiger partial charge < -0.3 is 5.11 Å². The average molecular weight is 310 g/mol. The lowest BCUT2D eigenvalue weighted by Gasteiger charge is -2.26. The van der Waals surface area contributed by atoms with Gasteiger partial charge in [0.15, 0.2) is 0 Å². The molecule has 0 spiro atoms. The number of allylic oxidation sites excluding steroid dienone is 3. The van der Waals surface area contributed by atoms with E-state index in [9.17, 15) is 9.90 Å².